The lowest BCUT2D eigenvalue weighted by atomic mass is 10.1. The van der Waals surface area contributed by atoms with E-state index in [4.69, 9.17) is 5.73 Å². The molecule has 0 aliphatic carbocycles. The lowest BCUT2D eigenvalue weighted by Crippen LogP contribution is -2.33. The molecule has 0 heterocycles. The van der Waals surface area contributed by atoms with Crippen molar-refractivity contribution in [2.45, 2.75) is 12.5 Å². The van der Waals surface area contributed by atoms with Crippen LogP contribution in [0.25, 0.3) is 0 Å². The first-order valence-electron chi connectivity index (χ1n) is 5.32. The summed E-state index contributed by atoms with van der Waals surface area (Å²) in [6.45, 7) is 3.45. The molecule has 17 heavy (non-hydrogen) atoms. The molecule has 0 aliphatic heterocycles. The van der Waals surface area contributed by atoms with E-state index in [9.17, 15) is 9.36 Å². The fourth-order valence-corrected chi connectivity index (χ4v) is 2.35. The Kier molecular flexibility index (Phi) is 4.49. The summed E-state index contributed by atoms with van der Waals surface area (Å²) in [6.07, 6.45) is 0.421. The lowest BCUT2D eigenvalue weighted by molar-refractivity contribution is -0.142. The second-order valence-electron chi connectivity index (χ2n) is 4.35. The van der Waals surface area contributed by atoms with Gasteiger partial charge in [-0.3, -0.25) is 4.79 Å². The van der Waals surface area contributed by atoms with Crippen LogP contribution in [0.3, 0.4) is 0 Å². The molecular formula is C12H18NO3P. The predicted molar refractivity (Wildman–Crippen MR) is 69.2 cm³/mol. The first-order chi connectivity index (χ1) is 7.84. The van der Waals surface area contributed by atoms with Crippen LogP contribution in [0.2, 0.25) is 0 Å². The molecule has 0 radical (unpaired) electrons. The predicted octanol–water partition coefficient (Wildman–Crippen LogP) is 0.977. The number of carbonyl (C=O) groups is 1. The molecule has 0 saturated carbocycles. The number of esters is 1. The highest BCUT2D eigenvalue weighted by atomic mass is 31.2. The van der Waals surface area contributed by atoms with Crippen LogP contribution in [-0.2, 0) is 20.5 Å². The van der Waals surface area contributed by atoms with Gasteiger partial charge in [-0.15, -0.1) is 0 Å². The molecule has 1 atom stereocenters. The van der Waals surface area contributed by atoms with Gasteiger partial charge in [-0.05, 0) is 25.3 Å². The minimum absolute atomic E-state index is 0.421. The summed E-state index contributed by atoms with van der Waals surface area (Å²) < 4.78 is 16.4. The Morgan fingerprint density at radius 3 is 2.29 bits per heavy atom. The first-order valence-corrected chi connectivity index (χ1v) is 7.92. The zero-order chi connectivity index (χ0) is 13.1. The van der Waals surface area contributed by atoms with Crippen molar-refractivity contribution in [2.24, 2.45) is 5.73 Å². The van der Waals surface area contributed by atoms with Crippen molar-refractivity contribution in [1.82, 2.24) is 0 Å². The van der Waals surface area contributed by atoms with Gasteiger partial charge in [0, 0.05) is 5.30 Å². The Morgan fingerprint density at radius 2 is 1.88 bits per heavy atom. The van der Waals surface area contributed by atoms with Crippen molar-refractivity contribution >= 4 is 18.4 Å². The van der Waals surface area contributed by atoms with Crippen LogP contribution >= 0.6 is 7.14 Å². The molecule has 5 heteroatoms. The number of nitrogens with two attached hydrogens (primary N) is 1. The number of hydrogen-bond acceptors (Lipinski definition) is 4. The Morgan fingerprint density at radius 1 is 1.35 bits per heavy atom. The average molecular weight is 255 g/mol. The Labute approximate surface area is 102 Å². The summed E-state index contributed by atoms with van der Waals surface area (Å²) >= 11 is 0. The Hall–Kier alpha value is -1.12. The molecule has 4 nitrogen and oxygen atoms in total. The summed E-state index contributed by atoms with van der Waals surface area (Å²) in [7, 11) is -0.905. The van der Waals surface area contributed by atoms with Gasteiger partial charge in [-0.1, -0.05) is 24.3 Å². The van der Waals surface area contributed by atoms with E-state index in [-0.39, 0.29) is 0 Å². The highest BCUT2D eigenvalue weighted by Crippen LogP contribution is 2.34. The van der Waals surface area contributed by atoms with Crippen LogP contribution < -0.4 is 11.0 Å². The van der Waals surface area contributed by atoms with Gasteiger partial charge < -0.3 is 15.0 Å². The standard InChI is InChI=1S/C12H18NO3P/c1-16-12(14)11(13)8-9-4-6-10(7-5-9)17(2,3)15/h4-7,11H,8,13H2,1-3H3/t11-/m0/s1. The van der Waals surface area contributed by atoms with Crippen molar-refractivity contribution in [3.8, 4) is 0 Å². The highest BCUT2D eigenvalue weighted by molar-refractivity contribution is 7.70. The van der Waals surface area contributed by atoms with E-state index in [2.05, 4.69) is 4.74 Å². The maximum absolute atomic E-state index is 11.8. The molecule has 0 unspecified atom stereocenters. The molecule has 0 fully saturated rings. The van der Waals surface area contributed by atoms with Crippen molar-refractivity contribution < 1.29 is 14.1 Å². The zero-order valence-electron chi connectivity index (χ0n) is 10.3. The molecular weight excluding hydrogens is 237 g/mol. The molecule has 1 rings (SSSR count). The minimum atomic E-state index is -2.22. The van der Waals surface area contributed by atoms with E-state index in [0.29, 0.717) is 6.42 Å². The highest BCUT2D eigenvalue weighted by Gasteiger charge is 2.15. The number of benzene rings is 1. The van der Waals surface area contributed by atoms with Crippen LogP contribution in [0.5, 0.6) is 0 Å². The third-order valence-electron chi connectivity index (χ3n) is 2.52. The van der Waals surface area contributed by atoms with Crippen molar-refractivity contribution in [1.29, 1.82) is 0 Å². The SMILES string of the molecule is COC(=O)[C@@H](N)Cc1ccc(P(C)(C)=O)cc1. The van der Waals surface area contributed by atoms with Gasteiger partial charge in [0.1, 0.15) is 13.2 Å². The van der Waals surface area contributed by atoms with Crippen LogP contribution in [0.15, 0.2) is 24.3 Å². The largest absolute Gasteiger partial charge is 0.468 e. The van der Waals surface area contributed by atoms with E-state index >= 15 is 0 Å². The molecule has 0 spiro atoms. The number of ether oxygens (including phenoxy) is 1. The molecule has 1 aromatic rings. The van der Waals surface area contributed by atoms with Gasteiger partial charge in [0.2, 0.25) is 0 Å². The minimum Gasteiger partial charge on any atom is -0.468 e. The number of carbonyl (C=O) groups excluding carboxylic acids is 1. The topological polar surface area (TPSA) is 69.4 Å². The molecule has 0 saturated heterocycles. The fourth-order valence-electron chi connectivity index (χ4n) is 1.48. The normalized spacial score (nSPS) is 13.2. The lowest BCUT2D eigenvalue weighted by Gasteiger charge is -2.11. The summed E-state index contributed by atoms with van der Waals surface area (Å²) in [5, 5.41) is 0.827. The van der Waals surface area contributed by atoms with Gasteiger partial charge in [0.25, 0.3) is 0 Å². The first kappa shape index (κ1) is 13.9. The quantitative estimate of drug-likeness (QED) is 0.643. The monoisotopic (exact) mass is 255 g/mol. The van der Waals surface area contributed by atoms with Gasteiger partial charge in [-0.25, -0.2) is 0 Å². The van der Waals surface area contributed by atoms with Crippen molar-refractivity contribution in [2.75, 3.05) is 20.4 Å². The molecule has 2 N–H and O–H groups in total. The molecule has 0 aromatic heterocycles. The van der Waals surface area contributed by atoms with E-state index in [1.807, 2.05) is 24.3 Å². The summed E-state index contributed by atoms with van der Waals surface area (Å²) in [5.74, 6) is -0.425. The maximum Gasteiger partial charge on any atom is 0.322 e. The van der Waals surface area contributed by atoms with E-state index in [0.717, 1.165) is 10.9 Å². The number of rotatable bonds is 4. The third-order valence-corrected chi connectivity index (χ3v) is 4.06. The molecule has 0 bridgehead atoms. The molecule has 94 valence electrons. The van der Waals surface area contributed by atoms with Gasteiger partial charge >= 0.3 is 5.97 Å². The number of hydrogen-bond donors (Lipinski definition) is 1. The van der Waals surface area contributed by atoms with Gasteiger partial charge in [0.15, 0.2) is 0 Å². The summed E-state index contributed by atoms with van der Waals surface area (Å²) in [6, 6.07) is 6.68. The van der Waals surface area contributed by atoms with Crippen LogP contribution in [0, 0.1) is 0 Å². The summed E-state index contributed by atoms with van der Waals surface area (Å²) in [4.78, 5) is 11.2. The Balaban J connectivity index is 2.76. The van der Waals surface area contributed by atoms with Crippen LogP contribution in [0.1, 0.15) is 5.56 Å². The van der Waals surface area contributed by atoms with Crippen molar-refractivity contribution in [3.05, 3.63) is 29.8 Å². The van der Waals surface area contributed by atoms with Crippen molar-refractivity contribution in [3.63, 3.8) is 0 Å². The number of methoxy groups -OCH3 is 1. The third kappa shape index (κ3) is 3.99. The van der Waals surface area contributed by atoms with E-state index < -0.39 is 19.2 Å². The summed E-state index contributed by atoms with van der Waals surface area (Å²) in [5.41, 5.74) is 6.58. The van der Waals surface area contributed by atoms with E-state index in [1.54, 1.807) is 13.3 Å². The Bertz CT molecular complexity index is 436. The van der Waals surface area contributed by atoms with Crippen LogP contribution in [0.4, 0.5) is 0 Å². The fraction of sp³-hybridized carbons (Fsp3) is 0.417. The molecule has 0 aliphatic rings. The van der Waals surface area contributed by atoms with E-state index in [1.165, 1.54) is 7.11 Å². The maximum atomic E-state index is 11.8. The second-order valence-corrected chi connectivity index (χ2v) is 7.57. The van der Waals surface area contributed by atoms with Gasteiger partial charge in [-0.2, -0.15) is 0 Å². The second kappa shape index (κ2) is 5.48. The smallest absolute Gasteiger partial charge is 0.322 e. The van der Waals surface area contributed by atoms with Crippen LogP contribution in [-0.4, -0.2) is 32.5 Å². The molecule has 1 aromatic carbocycles. The zero-order valence-corrected chi connectivity index (χ0v) is 11.2. The average Bonchev–Trinajstić information content (AvgIpc) is 2.27. The molecule has 0 amide bonds. The van der Waals surface area contributed by atoms with Gasteiger partial charge in [0.05, 0.1) is 7.11 Å².